The molecule has 0 bridgehead atoms. The van der Waals surface area contributed by atoms with Crippen LogP contribution in [0.25, 0.3) is 0 Å². The Balaban J connectivity index is 3.51. The van der Waals surface area contributed by atoms with Crippen molar-refractivity contribution < 1.29 is 15.0 Å². The third-order valence-electron chi connectivity index (χ3n) is 9.71. The first-order chi connectivity index (χ1) is 25.2. The maximum atomic E-state index is 12.3. The van der Waals surface area contributed by atoms with Crippen LogP contribution < -0.4 is 5.32 Å². The van der Waals surface area contributed by atoms with Crippen LogP contribution in [0.1, 0.15) is 213 Å². The molecule has 0 heterocycles. The zero-order valence-electron chi connectivity index (χ0n) is 33.9. The average Bonchev–Trinajstić information content (AvgIpc) is 3.13. The van der Waals surface area contributed by atoms with Crippen molar-refractivity contribution in [2.24, 2.45) is 0 Å². The highest BCUT2D eigenvalue weighted by atomic mass is 16.3. The van der Waals surface area contributed by atoms with Gasteiger partial charge >= 0.3 is 0 Å². The van der Waals surface area contributed by atoms with Crippen LogP contribution >= 0.6 is 0 Å². The Kier molecular flexibility index (Phi) is 40.9. The molecule has 0 spiro atoms. The van der Waals surface area contributed by atoms with E-state index >= 15 is 0 Å². The maximum Gasteiger partial charge on any atom is 0.220 e. The number of carbonyl (C=O) groups excluding carboxylic acids is 1. The fourth-order valence-corrected chi connectivity index (χ4v) is 6.36. The number of aliphatic hydroxyl groups excluding tert-OH is 2. The van der Waals surface area contributed by atoms with Gasteiger partial charge in [-0.15, -0.1) is 0 Å². The summed E-state index contributed by atoms with van der Waals surface area (Å²) >= 11 is 0. The van der Waals surface area contributed by atoms with Crippen LogP contribution in [0.2, 0.25) is 0 Å². The van der Waals surface area contributed by atoms with Crippen molar-refractivity contribution in [1.29, 1.82) is 0 Å². The van der Waals surface area contributed by atoms with Crippen molar-refractivity contribution in [1.82, 2.24) is 5.32 Å². The van der Waals surface area contributed by atoms with E-state index in [2.05, 4.69) is 67.8 Å². The van der Waals surface area contributed by atoms with Crippen molar-refractivity contribution in [2.45, 2.75) is 225 Å². The summed E-state index contributed by atoms with van der Waals surface area (Å²) < 4.78 is 0. The topological polar surface area (TPSA) is 69.6 Å². The first-order valence-corrected chi connectivity index (χ1v) is 22.0. The number of allylic oxidation sites excluding steroid dienone is 9. The number of amides is 1. The number of nitrogens with one attached hydrogen (secondary N) is 1. The van der Waals surface area contributed by atoms with E-state index in [-0.39, 0.29) is 12.5 Å². The Morgan fingerprint density at radius 2 is 0.882 bits per heavy atom. The minimum absolute atomic E-state index is 0.0829. The molecule has 0 radical (unpaired) electrons. The van der Waals surface area contributed by atoms with Gasteiger partial charge in [0, 0.05) is 6.42 Å². The van der Waals surface area contributed by atoms with Crippen LogP contribution in [0.3, 0.4) is 0 Å². The van der Waals surface area contributed by atoms with E-state index in [1.54, 1.807) is 6.08 Å². The summed E-state index contributed by atoms with van der Waals surface area (Å²) in [5.74, 6) is -0.0829. The summed E-state index contributed by atoms with van der Waals surface area (Å²) in [6, 6.07) is -0.645. The van der Waals surface area contributed by atoms with Gasteiger partial charge in [0.2, 0.25) is 5.91 Å². The molecule has 0 saturated carbocycles. The van der Waals surface area contributed by atoms with E-state index in [0.717, 1.165) is 51.4 Å². The molecule has 296 valence electrons. The van der Waals surface area contributed by atoms with Gasteiger partial charge in [-0.3, -0.25) is 4.79 Å². The molecule has 0 aromatic carbocycles. The molecule has 0 rings (SSSR count). The van der Waals surface area contributed by atoms with Crippen molar-refractivity contribution in [3.8, 4) is 0 Å². The molecule has 51 heavy (non-hydrogen) atoms. The molecule has 0 aliphatic carbocycles. The van der Waals surface area contributed by atoms with Crippen molar-refractivity contribution in [2.75, 3.05) is 6.61 Å². The summed E-state index contributed by atoms with van der Waals surface area (Å²) in [6.45, 7) is 4.17. The van der Waals surface area contributed by atoms with Crippen LogP contribution in [0.4, 0.5) is 0 Å². The fourth-order valence-electron chi connectivity index (χ4n) is 6.36. The maximum absolute atomic E-state index is 12.3. The number of hydrogen-bond acceptors (Lipinski definition) is 3. The minimum atomic E-state index is -0.869. The summed E-state index contributed by atoms with van der Waals surface area (Å²) in [7, 11) is 0. The predicted octanol–water partition coefficient (Wildman–Crippen LogP) is 13.7. The van der Waals surface area contributed by atoms with Gasteiger partial charge in [-0.1, -0.05) is 197 Å². The molecule has 2 unspecified atom stereocenters. The van der Waals surface area contributed by atoms with E-state index in [9.17, 15) is 15.0 Å². The second-order valence-electron chi connectivity index (χ2n) is 14.7. The largest absolute Gasteiger partial charge is 0.394 e. The summed E-state index contributed by atoms with van der Waals surface area (Å²) in [4.78, 5) is 12.3. The lowest BCUT2D eigenvalue weighted by Crippen LogP contribution is -2.45. The Hall–Kier alpha value is -1.91. The SMILES string of the molecule is CC/C=C/CC/C=C/CC/C=C/C(O)C(CO)NC(=O)CCCCCCCCCCCCCCC/C=C\C/C=C\CCCCCCCCCCC. The Labute approximate surface area is 317 Å². The van der Waals surface area contributed by atoms with E-state index in [1.165, 1.54) is 141 Å². The molecular weight excluding hydrogens is 627 g/mol. The number of unbranched alkanes of at least 4 members (excludes halogenated alkanes) is 24. The predicted molar refractivity (Wildman–Crippen MR) is 225 cm³/mol. The average molecular weight is 712 g/mol. The zero-order chi connectivity index (χ0) is 37.1. The first kappa shape index (κ1) is 49.1. The highest BCUT2D eigenvalue weighted by Crippen LogP contribution is 2.14. The molecule has 0 fully saturated rings. The summed E-state index contributed by atoms with van der Waals surface area (Å²) in [6.07, 6.45) is 59.2. The third-order valence-corrected chi connectivity index (χ3v) is 9.71. The van der Waals surface area contributed by atoms with Crippen LogP contribution in [-0.2, 0) is 4.79 Å². The lowest BCUT2D eigenvalue weighted by atomic mass is 10.0. The fraction of sp³-hybridized carbons (Fsp3) is 0.766. The molecule has 0 aromatic rings. The Morgan fingerprint density at radius 3 is 1.33 bits per heavy atom. The van der Waals surface area contributed by atoms with Gasteiger partial charge in [-0.2, -0.15) is 0 Å². The van der Waals surface area contributed by atoms with Gasteiger partial charge in [0.1, 0.15) is 0 Å². The summed E-state index contributed by atoms with van der Waals surface area (Å²) in [5, 5.41) is 22.8. The van der Waals surface area contributed by atoms with Crippen LogP contribution in [0.5, 0.6) is 0 Å². The monoisotopic (exact) mass is 712 g/mol. The number of carbonyl (C=O) groups is 1. The molecular formula is C47H85NO3. The molecule has 0 saturated heterocycles. The smallest absolute Gasteiger partial charge is 0.220 e. The van der Waals surface area contributed by atoms with E-state index in [4.69, 9.17) is 0 Å². The second-order valence-corrected chi connectivity index (χ2v) is 14.7. The number of rotatable bonds is 39. The van der Waals surface area contributed by atoms with Gasteiger partial charge in [-0.05, 0) is 70.6 Å². The summed E-state index contributed by atoms with van der Waals surface area (Å²) in [5.41, 5.74) is 0. The standard InChI is InChI=1S/C47H85NO3/c1-3-5-7-9-11-13-15-16-17-18-19-20-21-22-23-24-25-26-27-28-29-30-31-32-33-35-37-39-41-43-47(51)48-45(44-49)46(50)42-40-38-36-34-14-12-10-8-6-4-2/h6,8,14,19-20,22-23,34,40,42,45-46,49-50H,3-5,7,9-13,15-18,21,24-33,35-39,41,43-44H2,1-2H3,(H,48,51)/b8-6+,20-19-,23-22-,34-14+,42-40+. The third kappa shape index (κ3) is 39.1. The zero-order valence-corrected chi connectivity index (χ0v) is 33.9. The molecule has 2 atom stereocenters. The highest BCUT2D eigenvalue weighted by Gasteiger charge is 2.17. The lowest BCUT2D eigenvalue weighted by molar-refractivity contribution is -0.123. The van der Waals surface area contributed by atoms with Crippen molar-refractivity contribution in [3.05, 3.63) is 60.8 Å². The van der Waals surface area contributed by atoms with Crippen LogP contribution in [0, 0.1) is 0 Å². The quantitative estimate of drug-likeness (QED) is 0.0439. The normalized spacial score (nSPS) is 13.6. The van der Waals surface area contributed by atoms with E-state index < -0.39 is 12.1 Å². The number of aliphatic hydroxyl groups is 2. The second kappa shape index (κ2) is 42.5. The van der Waals surface area contributed by atoms with Crippen LogP contribution in [0.15, 0.2) is 60.8 Å². The molecule has 0 aliphatic heterocycles. The van der Waals surface area contributed by atoms with Gasteiger partial charge in [0.05, 0.1) is 18.8 Å². The molecule has 0 aromatic heterocycles. The lowest BCUT2D eigenvalue weighted by Gasteiger charge is -2.19. The van der Waals surface area contributed by atoms with Crippen molar-refractivity contribution in [3.63, 3.8) is 0 Å². The van der Waals surface area contributed by atoms with E-state index in [0.29, 0.717) is 6.42 Å². The van der Waals surface area contributed by atoms with Gasteiger partial charge in [0.25, 0.3) is 0 Å². The van der Waals surface area contributed by atoms with Crippen molar-refractivity contribution >= 4 is 5.91 Å². The number of hydrogen-bond donors (Lipinski definition) is 3. The molecule has 4 heteroatoms. The highest BCUT2D eigenvalue weighted by molar-refractivity contribution is 5.76. The molecule has 1 amide bonds. The first-order valence-electron chi connectivity index (χ1n) is 22.0. The molecule has 3 N–H and O–H groups in total. The van der Waals surface area contributed by atoms with Gasteiger partial charge in [0.15, 0.2) is 0 Å². The molecule has 4 nitrogen and oxygen atoms in total. The Bertz CT molecular complexity index is 858. The van der Waals surface area contributed by atoms with Gasteiger partial charge in [-0.25, -0.2) is 0 Å². The minimum Gasteiger partial charge on any atom is -0.394 e. The van der Waals surface area contributed by atoms with Gasteiger partial charge < -0.3 is 15.5 Å². The Morgan fingerprint density at radius 1 is 0.490 bits per heavy atom. The van der Waals surface area contributed by atoms with Crippen LogP contribution in [-0.4, -0.2) is 34.9 Å². The van der Waals surface area contributed by atoms with E-state index in [1.807, 2.05) is 6.08 Å². The molecule has 0 aliphatic rings.